The number of hydrogen-bond acceptors (Lipinski definition) is 1. The lowest BCUT2D eigenvalue weighted by Gasteiger charge is -2.20. The average Bonchev–Trinajstić information content (AvgIpc) is 2.38. The zero-order chi connectivity index (χ0) is 14.3. The molecule has 1 heteroatoms. The van der Waals surface area contributed by atoms with Crippen LogP contribution in [0.15, 0.2) is 54.6 Å². The summed E-state index contributed by atoms with van der Waals surface area (Å²) in [6, 6.07) is 7.22. The Labute approximate surface area is 117 Å². The minimum Gasteiger partial charge on any atom is -0.508 e. The number of allylic oxidation sites excluding steroid dienone is 4. The quantitative estimate of drug-likeness (QED) is 0.681. The molecule has 1 atom stereocenters. The van der Waals surface area contributed by atoms with Crippen LogP contribution < -0.4 is 0 Å². The Balaban J connectivity index is 2.71. The molecule has 1 rings (SSSR count). The summed E-state index contributed by atoms with van der Waals surface area (Å²) in [5.74, 6) is 0.298. The molecule has 0 aliphatic carbocycles. The van der Waals surface area contributed by atoms with Gasteiger partial charge in [0.1, 0.15) is 5.75 Å². The molecule has 0 aliphatic heterocycles. The van der Waals surface area contributed by atoms with Crippen LogP contribution in [-0.2, 0) is 0 Å². The Hall–Kier alpha value is -1.76. The average molecular weight is 256 g/mol. The number of benzene rings is 1. The van der Waals surface area contributed by atoms with Crippen molar-refractivity contribution in [2.24, 2.45) is 5.41 Å². The second kappa shape index (κ2) is 6.98. The maximum absolute atomic E-state index is 9.25. The topological polar surface area (TPSA) is 20.2 Å². The minimum atomic E-state index is 0.00381. The van der Waals surface area contributed by atoms with Crippen LogP contribution in [0.2, 0.25) is 0 Å². The van der Waals surface area contributed by atoms with E-state index in [1.54, 1.807) is 12.1 Å². The van der Waals surface area contributed by atoms with Gasteiger partial charge < -0.3 is 5.11 Å². The lowest BCUT2D eigenvalue weighted by atomic mass is 9.84. The fourth-order valence-electron chi connectivity index (χ4n) is 1.80. The SMILES string of the molecule is C=C[C@@](C)(/C=C/c1ccc(O)cc1)CCC=C(C)C. The van der Waals surface area contributed by atoms with Gasteiger partial charge in [0.05, 0.1) is 0 Å². The van der Waals surface area contributed by atoms with Crippen molar-refractivity contribution < 1.29 is 5.11 Å². The predicted octanol–water partition coefficient (Wildman–Crippen LogP) is 5.34. The van der Waals surface area contributed by atoms with E-state index in [0.717, 1.165) is 18.4 Å². The highest BCUT2D eigenvalue weighted by atomic mass is 16.3. The second-order valence-corrected chi connectivity index (χ2v) is 5.45. The third kappa shape index (κ3) is 5.60. The van der Waals surface area contributed by atoms with E-state index in [2.05, 4.69) is 45.6 Å². The summed E-state index contributed by atoms with van der Waals surface area (Å²) in [6.07, 6.45) is 10.6. The van der Waals surface area contributed by atoms with Gasteiger partial charge >= 0.3 is 0 Å². The lowest BCUT2D eigenvalue weighted by Crippen LogP contribution is -2.08. The van der Waals surface area contributed by atoms with Crippen LogP contribution in [0.3, 0.4) is 0 Å². The fraction of sp³-hybridized carbons (Fsp3) is 0.333. The first-order chi connectivity index (χ1) is 8.95. The molecule has 0 aliphatic rings. The van der Waals surface area contributed by atoms with Gasteiger partial charge in [0, 0.05) is 5.41 Å². The summed E-state index contributed by atoms with van der Waals surface area (Å²) in [5.41, 5.74) is 2.45. The molecular formula is C18H24O. The van der Waals surface area contributed by atoms with Crippen LogP contribution >= 0.6 is 0 Å². The molecule has 0 heterocycles. The fourth-order valence-corrected chi connectivity index (χ4v) is 1.80. The third-order valence-electron chi connectivity index (χ3n) is 3.25. The van der Waals surface area contributed by atoms with Crippen LogP contribution in [0, 0.1) is 5.41 Å². The maximum atomic E-state index is 9.25. The van der Waals surface area contributed by atoms with E-state index in [1.165, 1.54) is 5.57 Å². The van der Waals surface area contributed by atoms with Gasteiger partial charge in [-0.1, -0.05) is 48.9 Å². The molecule has 0 amide bonds. The van der Waals surface area contributed by atoms with Crippen molar-refractivity contribution in [1.82, 2.24) is 0 Å². The van der Waals surface area contributed by atoms with E-state index < -0.39 is 0 Å². The highest BCUT2D eigenvalue weighted by molar-refractivity contribution is 5.51. The molecule has 1 N–H and O–H groups in total. The van der Waals surface area contributed by atoms with Crippen LogP contribution in [-0.4, -0.2) is 5.11 Å². The lowest BCUT2D eigenvalue weighted by molar-refractivity contribution is 0.475. The molecule has 102 valence electrons. The molecule has 19 heavy (non-hydrogen) atoms. The number of phenols is 1. The van der Waals surface area contributed by atoms with Crippen LogP contribution in [0.5, 0.6) is 5.75 Å². The summed E-state index contributed by atoms with van der Waals surface area (Å²) < 4.78 is 0. The Bertz CT molecular complexity index is 461. The molecule has 1 nitrogen and oxygen atoms in total. The van der Waals surface area contributed by atoms with Crippen molar-refractivity contribution in [2.75, 3.05) is 0 Å². The van der Waals surface area contributed by atoms with Crippen LogP contribution in [0.25, 0.3) is 6.08 Å². The number of phenolic OH excluding ortho intramolecular Hbond substituents is 1. The van der Waals surface area contributed by atoms with Gasteiger partial charge in [-0.25, -0.2) is 0 Å². The molecule has 0 aromatic heterocycles. The molecule has 1 aromatic rings. The monoisotopic (exact) mass is 256 g/mol. The molecule has 1 aromatic carbocycles. The van der Waals surface area contributed by atoms with E-state index in [-0.39, 0.29) is 5.41 Å². The summed E-state index contributed by atoms with van der Waals surface area (Å²) in [6.45, 7) is 10.4. The Kier molecular flexibility index (Phi) is 5.62. The van der Waals surface area contributed by atoms with Crippen LogP contribution in [0.4, 0.5) is 0 Å². The van der Waals surface area contributed by atoms with Crippen molar-refractivity contribution >= 4 is 6.08 Å². The van der Waals surface area contributed by atoms with Gasteiger partial charge in [-0.3, -0.25) is 0 Å². The van der Waals surface area contributed by atoms with E-state index in [1.807, 2.05) is 18.2 Å². The van der Waals surface area contributed by atoms with Crippen molar-refractivity contribution in [3.8, 4) is 5.75 Å². The van der Waals surface area contributed by atoms with Crippen molar-refractivity contribution in [2.45, 2.75) is 33.6 Å². The first-order valence-corrected chi connectivity index (χ1v) is 6.70. The molecule has 0 unspecified atom stereocenters. The van der Waals surface area contributed by atoms with Gasteiger partial charge in [0.25, 0.3) is 0 Å². The smallest absolute Gasteiger partial charge is 0.115 e. The molecule has 0 spiro atoms. The van der Waals surface area contributed by atoms with Gasteiger partial charge in [-0.15, -0.1) is 6.58 Å². The normalized spacial score (nSPS) is 14.1. The first-order valence-electron chi connectivity index (χ1n) is 6.70. The molecular weight excluding hydrogens is 232 g/mol. The Morgan fingerprint density at radius 1 is 1.26 bits per heavy atom. The third-order valence-corrected chi connectivity index (χ3v) is 3.25. The first kappa shape index (κ1) is 15.3. The van der Waals surface area contributed by atoms with E-state index in [4.69, 9.17) is 0 Å². The largest absolute Gasteiger partial charge is 0.508 e. The number of rotatable bonds is 6. The highest BCUT2D eigenvalue weighted by Crippen LogP contribution is 2.28. The summed E-state index contributed by atoms with van der Waals surface area (Å²) in [5, 5.41) is 9.25. The zero-order valence-corrected chi connectivity index (χ0v) is 12.2. The number of hydrogen-bond donors (Lipinski definition) is 1. The Morgan fingerprint density at radius 2 is 1.89 bits per heavy atom. The molecule has 0 radical (unpaired) electrons. The standard InChI is InChI=1S/C18H24O/c1-5-18(4,13-6-7-15(2)3)14-12-16-8-10-17(19)11-9-16/h5,7-12,14,19H,1,6,13H2,2-4H3/b14-12+/t18-/m1/s1. The minimum absolute atomic E-state index is 0.00381. The predicted molar refractivity (Wildman–Crippen MR) is 84.1 cm³/mol. The van der Waals surface area contributed by atoms with Gasteiger partial charge in [0.2, 0.25) is 0 Å². The van der Waals surface area contributed by atoms with E-state index in [0.29, 0.717) is 5.75 Å². The van der Waals surface area contributed by atoms with Crippen LogP contribution in [0.1, 0.15) is 39.2 Å². The van der Waals surface area contributed by atoms with Crippen molar-refractivity contribution in [1.29, 1.82) is 0 Å². The zero-order valence-electron chi connectivity index (χ0n) is 12.2. The molecule has 0 bridgehead atoms. The van der Waals surface area contributed by atoms with Gasteiger partial charge in [-0.05, 0) is 44.4 Å². The summed E-state index contributed by atoms with van der Waals surface area (Å²) in [7, 11) is 0. The van der Waals surface area contributed by atoms with Crippen molar-refractivity contribution in [3.05, 3.63) is 60.2 Å². The Morgan fingerprint density at radius 3 is 2.42 bits per heavy atom. The highest BCUT2D eigenvalue weighted by Gasteiger charge is 2.14. The van der Waals surface area contributed by atoms with E-state index in [9.17, 15) is 5.11 Å². The molecule has 0 saturated carbocycles. The molecule has 0 saturated heterocycles. The van der Waals surface area contributed by atoms with Crippen molar-refractivity contribution in [3.63, 3.8) is 0 Å². The summed E-state index contributed by atoms with van der Waals surface area (Å²) in [4.78, 5) is 0. The van der Waals surface area contributed by atoms with Gasteiger partial charge in [-0.2, -0.15) is 0 Å². The number of aromatic hydroxyl groups is 1. The van der Waals surface area contributed by atoms with E-state index >= 15 is 0 Å². The molecule has 0 fully saturated rings. The van der Waals surface area contributed by atoms with Gasteiger partial charge in [0.15, 0.2) is 0 Å². The maximum Gasteiger partial charge on any atom is 0.115 e. The second-order valence-electron chi connectivity index (χ2n) is 5.45. The summed E-state index contributed by atoms with van der Waals surface area (Å²) >= 11 is 0.